The Labute approximate surface area is 79.7 Å². The van der Waals surface area contributed by atoms with Crippen LogP contribution in [-0.4, -0.2) is 12.6 Å². The highest BCUT2D eigenvalue weighted by Crippen LogP contribution is 2.43. The first-order valence-corrected chi connectivity index (χ1v) is 5.49. The van der Waals surface area contributed by atoms with Crippen molar-refractivity contribution in [1.29, 1.82) is 0 Å². The van der Waals surface area contributed by atoms with Gasteiger partial charge >= 0.3 is 5.97 Å². The van der Waals surface area contributed by atoms with Gasteiger partial charge in [-0.25, -0.2) is 0 Å². The van der Waals surface area contributed by atoms with Gasteiger partial charge in [-0.2, -0.15) is 0 Å². The van der Waals surface area contributed by atoms with Crippen molar-refractivity contribution in [2.45, 2.75) is 39.0 Å². The zero-order valence-corrected chi connectivity index (χ0v) is 8.29. The summed E-state index contributed by atoms with van der Waals surface area (Å²) in [6, 6.07) is 0. The van der Waals surface area contributed by atoms with E-state index in [-0.39, 0.29) is 11.9 Å². The van der Waals surface area contributed by atoms with Gasteiger partial charge in [0.05, 0.1) is 12.5 Å². The fraction of sp³-hybridized carbons (Fsp3) is 0.909. The van der Waals surface area contributed by atoms with E-state index in [0.29, 0.717) is 18.4 Å². The molecule has 3 atom stereocenters. The molecule has 1 unspecified atom stereocenters. The van der Waals surface area contributed by atoms with Gasteiger partial charge < -0.3 is 4.74 Å². The Kier molecular flexibility index (Phi) is 2.56. The summed E-state index contributed by atoms with van der Waals surface area (Å²) < 4.78 is 5.09. The second kappa shape index (κ2) is 3.69. The first-order chi connectivity index (χ1) is 6.33. The molecule has 1 saturated carbocycles. The number of hydrogen-bond donors (Lipinski definition) is 0. The predicted octanol–water partition coefficient (Wildman–Crippen LogP) is 2.38. The molecule has 1 heterocycles. The molecule has 1 aliphatic carbocycles. The fourth-order valence-electron chi connectivity index (χ4n) is 2.82. The molecule has 2 rings (SSSR count). The van der Waals surface area contributed by atoms with Crippen LogP contribution in [0.5, 0.6) is 0 Å². The highest BCUT2D eigenvalue weighted by molar-refractivity contribution is 5.75. The molecular weight excluding hydrogens is 164 g/mol. The third kappa shape index (κ3) is 1.59. The van der Waals surface area contributed by atoms with Crippen LogP contribution in [0.3, 0.4) is 0 Å². The first-order valence-electron chi connectivity index (χ1n) is 5.49. The summed E-state index contributed by atoms with van der Waals surface area (Å²) in [6.45, 7) is 2.91. The van der Waals surface area contributed by atoms with Crippen LogP contribution < -0.4 is 0 Å². The topological polar surface area (TPSA) is 26.3 Å². The maximum absolute atomic E-state index is 11.4. The number of carbonyl (C=O) groups excluding carboxylic acids is 1. The van der Waals surface area contributed by atoms with Crippen LogP contribution in [-0.2, 0) is 9.53 Å². The number of rotatable bonds is 3. The van der Waals surface area contributed by atoms with Crippen molar-refractivity contribution in [3.05, 3.63) is 0 Å². The predicted molar refractivity (Wildman–Crippen MR) is 50.2 cm³/mol. The maximum atomic E-state index is 11.4. The van der Waals surface area contributed by atoms with Gasteiger partial charge in [0.25, 0.3) is 0 Å². The minimum atomic E-state index is 0.0867. The Balaban J connectivity index is 1.94. The van der Waals surface area contributed by atoms with E-state index in [0.717, 1.165) is 0 Å². The molecule has 74 valence electrons. The molecular formula is C11H18O2. The smallest absolute Gasteiger partial charge is 0.309 e. The number of carbonyl (C=O) groups is 1. The summed E-state index contributed by atoms with van der Waals surface area (Å²) in [5.41, 5.74) is 0. The van der Waals surface area contributed by atoms with Gasteiger partial charge in [-0.1, -0.05) is 19.8 Å². The van der Waals surface area contributed by atoms with Crippen LogP contribution in [0.2, 0.25) is 0 Å². The van der Waals surface area contributed by atoms with Gasteiger partial charge in [0, 0.05) is 5.92 Å². The molecule has 0 spiro atoms. The van der Waals surface area contributed by atoms with Crippen LogP contribution in [0, 0.1) is 17.8 Å². The summed E-state index contributed by atoms with van der Waals surface area (Å²) in [6.07, 6.45) is 6.20. The number of ether oxygens (including phenoxy) is 1. The lowest BCUT2D eigenvalue weighted by Gasteiger charge is -2.13. The first kappa shape index (κ1) is 9.04. The van der Waals surface area contributed by atoms with Crippen LogP contribution >= 0.6 is 0 Å². The Hall–Kier alpha value is -0.530. The van der Waals surface area contributed by atoms with Crippen molar-refractivity contribution < 1.29 is 9.53 Å². The highest BCUT2D eigenvalue weighted by Gasteiger charge is 2.46. The molecule has 13 heavy (non-hydrogen) atoms. The Bertz CT molecular complexity index is 200. The summed E-state index contributed by atoms with van der Waals surface area (Å²) in [7, 11) is 0. The Morgan fingerprint density at radius 3 is 3.08 bits per heavy atom. The van der Waals surface area contributed by atoms with E-state index in [1.807, 2.05) is 0 Å². The van der Waals surface area contributed by atoms with E-state index in [9.17, 15) is 4.79 Å². The fourth-order valence-corrected chi connectivity index (χ4v) is 2.82. The van der Waals surface area contributed by atoms with Crippen molar-refractivity contribution in [3.63, 3.8) is 0 Å². The van der Waals surface area contributed by atoms with Crippen LogP contribution in [0.4, 0.5) is 0 Å². The minimum Gasteiger partial charge on any atom is -0.465 e. The minimum absolute atomic E-state index is 0.0867. The summed E-state index contributed by atoms with van der Waals surface area (Å²) in [5, 5.41) is 0. The average molecular weight is 182 g/mol. The standard InChI is InChI=1S/C11H18O2/c1-2-3-4-8-5-6-9-7-13-11(12)10(8)9/h8-10H,2-7H2,1H3/t8-,9+,10?/m0/s1. The van der Waals surface area contributed by atoms with E-state index in [1.165, 1.54) is 32.1 Å². The second-order valence-corrected chi connectivity index (χ2v) is 4.40. The average Bonchev–Trinajstić information content (AvgIpc) is 2.67. The number of unbranched alkanes of at least 4 members (excludes halogenated alkanes) is 1. The van der Waals surface area contributed by atoms with Gasteiger partial charge in [0.1, 0.15) is 0 Å². The van der Waals surface area contributed by atoms with Crippen LogP contribution in [0.15, 0.2) is 0 Å². The van der Waals surface area contributed by atoms with Crippen molar-refractivity contribution >= 4 is 5.97 Å². The van der Waals surface area contributed by atoms with E-state index in [2.05, 4.69) is 6.92 Å². The van der Waals surface area contributed by atoms with Gasteiger partial charge in [-0.15, -0.1) is 0 Å². The van der Waals surface area contributed by atoms with Crippen molar-refractivity contribution in [3.8, 4) is 0 Å². The summed E-state index contributed by atoms with van der Waals surface area (Å²) in [4.78, 5) is 11.4. The SMILES string of the molecule is CCCC[C@H]1CC[C@@H]2COC(=O)C12. The Morgan fingerprint density at radius 1 is 1.46 bits per heavy atom. The second-order valence-electron chi connectivity index (χ2n) is 4.40. The quantitative estimate of drug-likeness (QED) is 0.626. The third-order valence-corrected chi connectivity index (χ3v) is 3.56. The molecule has 2 nitrogen and oxygen atoms in total. The molecule has 0 radical (unpaired) electrons. The summed E-state index contributed by atoms with van der Waals surface area (Å²) >= 11 is 0. The highest BCUT2D eigenvalue weighted by atomic mass is 16.5. The van der Waals surface area contributed by atoms with Crippen LogP contribution in [0.25, 0.3) is 0 Å². The molecule has 2 aliphatic rings. The molecule has 2 fully saturated rings. The molecule has 1 aliphatic heterocycles. The van der Waals surface area contributed by atoms with Crippen molar-refractivity contribution in [2.75, 3.05) is 6.61 Å². The normalized spacial score (nSPS) is 37.6. The van der Waals surface area contributed by atoms with Crippen LogP contribution in [0.1, 0.15) is 39.0 Å². The third-order valence-electron chi connectivity index (χ3n) is 3.56. The van der Waals surface area contributed by atoms with Gasteiger partial charge in [0.2, 0.25) is 0 Å². The van der Waals surface area contributed by atoms with E-state index < -0.39 is 0 Å². The maximum Gasteiger partial charge on any atom is 0.309 e. The molecule has 2 heteroatoms. The number of esters is 1. The van der Waals surface area contributed by atoms with Crippen molar-refractivity contribution in [2.24, 2.45) is 17.8 Å². The monoisotopic (exact) mass is 182 g/mol. The van der Waals surface area contributed by atoms with Gasteiger partial charge in [-0.3, -0.25) is 4.79 Å². The van der Waals surface area contributed by atoms with E-state index >= 15 is 0 Å². The van der Waals surface area contributed by atoms with Gasteiger partial charge in [-0.05, 0) is 25.2 Å². The largest absolute Gasteiger partial charge is 0.465 e. The molecule has 0 amide bonds. The number of fused-ring (bicyclic) bond motifs is 1. The zero-order chi connectivity index (χ0) is 9.26. The number of cyclic esters (lactones) is 1. The molecule has 0 aromatic heterocycles. The lowest BCUT2D eigenvalue weighted by Crippen LogP contribution is -2.18. The summed E-state index contributed by atoms with van der Waals surface area (Å²) in [5.74, 6) is 1.56. The molecule has 0 bridgehead atoms. The lowest BCUT2D eigenvalue weighted by atomic mass is 9.88. The van der Waals surface area contributed by atoms with E-state index in [4.69, 9.17) is 4.74 Å². The van der Waals surface area contributed by atoms with Gasteiger partial charge in [0.15, 0.2) is 0 Å². The molecule has 0 N–H and O–H groups in total. The number of hydrogen-bond acceptors (Lipinski definition) is 2. The molecule has 0 aromatic rings. The van der Waals surface area contributed by atoms with E-state index in [1.54, 1.807) is 0 Å². The van der Waals surface area contributed by atoms with Crippen molar-refractivity contribution in [1.82, 2.24) is 0 Å². The lowest BCUT2D eigenvalue weighted by molar-refractivity contribution is -0.142. The molecule has 1 saturated heterocycles. The molecule has 0 aromatic carbocycles. The Morgan fingerprint density at radius 2 is 2.31 bits per heavy atom. The zero-order valence-electron chi connectivity index (χ0n) is 8.29.